The third kappa shape index (κ3) is 2.74. The second-order valence-electron chi connectivity index (χ2n) is 3.97. The van der Waals surface area contributed by atoms with E-state index in [9.17, 15) is 14.4 Å². The van der Waals surface area contributed by atoms with Crippen LogP contribution < -0.4 is 4.74 Å². The third-order valence-electron chi connectivity index (χ3n) is 2.75. The lowest BCUT2D eigenvalue weighted by atomic mass is 10.2. The number of aldehydes is 1. The van der Waals surface area contributed by atoms with Gasteiger partial charge in [-0.15, -0.1) is 0 Å². The Bertz CT molecular complexity index is 450. The molecule has 1 aliphatic heterocycles. The predicted octanol–water partition coefficient (Wildman–Crippen LogP) is 1.03. The van der Waals surface area contributed by atoms with E-state index < -0.39 is 0 Å². The molecule has 0 atom stereocenters. The summed E-state index contributed by atoms with van der Waals surface area (Å²) >= 11 is 0. The number of rotatable bonds is 5. The van der Waals surface area contributed by atoms with Gasteiger partial charge in [0.25, 0.3) is 0 Å². The summed E-state index contributed by atoms with van der Waals surface area (Å²) in [5, 5.41) is 0. The Morgan fingerprint density at radius 2 is 1.72 bits per heavy atom. The van der Waals surface area contributed by atoms with E-state index in [0.717, 1.165) is 6.29 Å². The standard InChI is InChI=1S/C13H13NO4/c15-9-10-1-3-11(4-2-10)18-8-7-14-12(16)5-6-13(14)17/h1-4,9H,5-8H2. The molecule has 2 amide bonds. The molecule has 0 unspecified atom stereocenters. The number of likely N-dealkylation sites (tertiary alicyclic amines) is 1. The Labute approximate surface area is 104 Å². The van der Waals surface area contributed by atoms with Gasteiger partial charge in [-0.2, -0.15) is 0 Å². The number of hydrogen-bond acceptors (Lipinski definition) is 4. The number of benzene rings is 1. The van der Waals surface area contributed by atoms with E-state index in [1.54, 1.807) is 24.3 Å². The molecule has 5 nitrogen and oxygen atoms in total. The summed E-state index contributed by atoms with van der Waals surface area (Å²) in [6.45, 7) is 0.533. The summed E-state index contributed by atoms with van der Waals surface area (Å²) in [7, 11) is 0. The fourth-order valence-corrected chi connectivity index (χ4v) is 1.77. The van der Waals surface area contributed by atoms with Crippen LogP contribution in [0, 0.1) is 0 Å². The van der Waals surface area contributed by atoms with Crippen LogP contribution in [0.2, 0.25) is 0 Å². The Kier molecular flexibility index (Phi) is 3.72. The fourth-order valence-electron chi connectivity index (χ4n) is 1.77. The van der Waals surface area contributed by atoms with Crippen molar-refractivity contribution in [3.63, 3.8) is 0 Å². The predicted molar refractivity (Wildman–Crippen MR) is 63.3 cm³/mol. The highest BCUT2D eigenvalue weighted by Gasteiger charge is 2.28. The maximum Gasteiger partial charge on any atom is 0.229 e. The van der Waals surface area contributed by atoms with E-state index in [2.05, 4.69) is 0 Å². The van der Waals surface area contributed by atoms with Crippen LogP contribution in [-0.4, -0.2) is 36.2 Å². The Morgan fingerprint density at radius 3 is 2.28 bits per heavy atom. The largest absolute Gasteiger partial charge is 0.492 e. The van der Waals surface area contributed by atoms with E-state index in [1.165, 1.54) is 4.90 Å². The molecule has 0 N–H and O–H groups in total. The molecule has 0 aromatic heterocycles. The molecule has 1 saturated heterocycles. The van der Waals surface area contributed by atoms with Crippen LogP contribution in [-0.2, 0) is 9.59 Å². The lowest BCUT2D eigenvalue weighted by Gasteiger charge is -2.14. The molecule has 1 fully saturated rings. The van der Waals surface area contributed by atoms with Crippen molar-refractivity contribution in [2.45, 2.75) is 12.8 Å². The van der Waals surface area contributed by atoms with E-state index in [0.29, 0.717) is 24.2 Å². The average Bonchev–Trinajstić information content (AvgIpc) is 2.71. The van der Waals surface area contributed by atoms with Gasteiger partial charge in [0, 0.05) is 18.4 Å². The van der Waals surface area contributed by atoms with Crippen LogP contribution in [0.3, 0.4) is 0 Å². The van der Waals surface area contributed by atoms with Crippen LogP contribution in [0.15, 0.2) is 24.3 Å². The minimum Gasteiger partial charge on any atom is -0.492 e. The summed E-state index contributed by atoms with van der Waals surface area (Å²) in [4.78, 5) is 34.3. The van der Waals surface area contributed by atoms with Gasteiger partial charge in [-0.1, -0.05) is 0 Å². The quantitative estimate of drug-likeness (QED) is 0.575. The molecule has 0 bridgehead atoms. The molecule has 1 aromatic carbocycles. The highest BCUT2D eigenvalue weighted by Crippen LogP contribution is 2.13. The molecule has 0 spiro atoms. The molecule has 2 rings (SSSR count). The number of ether oxygens (including phenoxy) is 1. The monoisotopic (exact) mass is 247 g/mol. The van der Waals surface area contributed by atoms with Crippen LogP contribution in [0.4, 0.5) is 0 Å². The summed E-state index contributed by atoms with van der Waals surface area (Å²) < 4.78 is 5.40. The smallest absolute Gasteiger partial charge is 0.229 e. The minimum absolute atomic E-state index is 0.139. The summed E-state index contributed by atoms with van der Waals surface area (Å²) in [6, 6.07) is 6.65. The number of nitrogens with zero attached hydrogens (tertiary/aromatic N) is 1. The van der Waals surface area contributed by atoms with Crippen molar-refractivity contribution in [3.8, 4) is 5.75 Å². The lowest BCUT2D eigenvalue weighted by Crippen LogP contribution is -2.33. The molecule has 1 aliphatic rings. The van der Waals surface area contributed by atoms with Crippen LogP contribution >= 0.6 is 0 Å². The summed E-state index contributed by atoms with van der Waals surface area (Å²) in [6.07, 6.45) is 1.35. The van der Waals surface area contributed by atoms with Crippen LogP contribution in [0.1, 0.15) is 23.2 Å². The molecule has 0 saturated carbocycles. The zero-order chi connectivity index (χ0) is 13.0. The average molecular weight is 247 g/mol. The SMILES string of the molecule is O=Cc1ccc(OCCN2C(=O)CCC2=O)cc1. The van der Waals surface area contributed by atoms with E-state index >= 15 is 0 Å². The van der Waals surface area contributed by atoms with Crippen molar-refractivity contribution in [2.24, 2.45) is 0 Å². The number of imide groups is 1. The first-order valence-electron chi connectivity index (χ1n) is 5.72. The van der Waals surface area contributed by atoms with Gasteiger partial charge in [0.15, 0.2) is 0 Å². The maximum absolute atomic E-state index is 11.3. The van der Waals surface area contributed by atoms with Gasteiger partial charge in [0.05, 0.1) is 6.54 Å². The molecule has 94 valence electrons. The molecular weight excluding hydrogens is 234 g/mol. The van der Waals surface area contributed by atoms with Gasteiger partial charge in [-0.25, -0.2) is 0 Å². The second-order valence-corrected chi connectivity index (χ2v) is 3.97. The Morgan fingerprint density at radius 1 is 1.11 bits per heavy atom. The molecule has 5 heteroatoms. The van der Waals surface area contributed by atoms with Gasteiger partial charge in [0.1, 0.15) is 18.6 Å². The zero-order valence-electron chi connectivity index (χ0n) is 9.80. The van der Waals surface area contributed by atoms with E-state index in [-0.39, 0.29) is 25.0 Å². The lowest BCUT2D eigenvalue weighted by molar-refractivity contribution is -0.138. The highest BCUT2D eigenvalue weighted by molar-refractivity contribution is 6.01. The molecular formula is C13H13NO4. The topological polar surface area (TPSA) is 63.7 Å². The highest BCUT2D eigenvalue weighted by atomic mass is 16.5. The minimum atomic E-state index is -0.139. The van der Waals surface area contributed by atoms with Gasteiger partial charge >= 0.3 is 0 Å². The van der Waals surface area contributed by atoms with E-state index in [1.807, 2.05) is 0 Å². The maximum atomic E-state index is 11.3. The first-order chi connectivity index (χ1) is 8.70. The van der Waals surface area contributed by atoms with Crippen molar-refractivity contribution >= 4 is 18.1 Å². The fraction of sp³-hybridized carbons (Fsp3) is 0.308. The number of carbonyl (C=O) groups is 3. The summed E-state index contributed by atoms with van der Waals surface area (Å²) in [5.74, 6) is 0.333. The van der Waals surface area contributed by atoms with Gasteiger partial charge in [0.2, 0.25) is 11.8 Å². The first kappa shape index (κ1) is 12.3. The van der Waals surface area contributed by atoms with Crippen molar-refractivity contribution in [1.82, 2.24) is 4.90 Å². The van der Waals surface area contributed by atoms with Crippen LogP contribution in [0.25, 0.3) is 0 Å². The summed E-state index contributed by atoms with van der Waals surface area (Å²) in [5.41, 5.74) is 0.576. The molecule has 0 radical (unpaired) electrons. The van der Waals surface area contributed by atoms with Gasteiger partial charge < -0.3 is 4.74 Å². The Hall–Kier alpha value is -2.17. The van der Waals surface area contributed by atoms with Crippen molar-refractivity contribution in [3.05, 3.63) is 29.8 Å². The Balaban J connectivity index is 1.82. The number of amides is 2. The third-order valence-corrected chi connectivity index (χ3v) is 2.75. The normalized spacial score (nSPS) is 15.0. The first-order valence-corrected chi connectivity index (χ1v) is 5.72. The van der Waals surface area contributed by atoms with E-state index in [4.69, 9.17) is 4.74 Å². The van der Waals surface area contributed by atoms with Crippen molar-refractivity contribution < 1.29 is 19.1 Å². The molecule has 0 aliphatic carbocycles. The second kappa shape index (κ2) is 5.44. The van der Waals surface area contributed by atoms with Gasteiger partial charge in [-0.05, 0) is 24.3 Å². The zero-order valence-corrected chi connectivity index (χ0v) is 9.80. The van der Waals surface area contributed by atoms with Crippen molar-refractivity contribution in [2.75, 3.05) is 13.2 Å². The van der Waals surface area contributed by atoms with Gasteiger partial charge in [-0.3, -0.25) is 19.3 Å². The molecule has 1 heterocycles. The van der Waals surface area contributed by atoms with Crippen molar-refractivity contribution in [1.29, 1.82) is 0 Å². The molecule has 18 heavy (non-hydrogen) atoms. The molecule has 1 aromatic rings. The van der Waals surface area contributed by atoms with Crippen LogP contribution in [0.5, 0.6) is 5.75 Å². The number of carbonyl (C=O) groups excluding carboxylic acids is 3. The number of hydrogen-bond donors (Lipinski definition) is 0.